The fourth-order valence-corrected chi connectivity index (χ4v) is 4.96. The van der Waals surface area contributed by atoms with Gasteiger partial charge in [-0.05, 0) is 24.3 Å². The number of halogens is 1. The number of rotatable bonds is 5. The van der Waals surface area contributed by atoms with Crippen LogP contribution in [0.15, 0.2) is 60.9 Å². The Morgan fingerprint density at radius 1 is 1.14 bits per heavy atom. The van der Waals surface area contributed by atoms with Crippen molar-refractivity contribution in [3.8, 4) is 17.1 Å². The first-order chi connectivity index (χ1) is 17.1. The van der Waals surface area contributed by atoms with Gasteiger partial charge >= 0.3 is 0 Å². The molecule has 5 heterocycles. The minimum Gasteiger partial charge on any atom is -0.481 e. The number of carbonyl (C=O) groups is 1. The number of piperazine rings is 1. The molecule has 2 unspecified atom stereocenters. The third-order valence-electron chi connectivity index (χ3n) is 6.45. The molecule has 35 heavy (non-hydrogen) atoms. The topological polar surface area (TPSA) is 85.1 Å². The Bertz CT molecular complexity index is 1380. The summed E-state index contributed by atoms with van der Waals surface area (Å²) in [4.78, 5) is 30.9. The lowest BCUT2D eigenvalue weighted by Crippen LogP contribution is -2.56. The number of pyridine rings is 1. The Morgan fingerprint density at radius 3 is 2.80 bits per heavy atom. The molecule has 3 aromatic heterocycles. The number of aromatic nitrogens is 4. The van der Waals surface area contributed by atoms with Crippen molar-refractivity contribution in [2.45, 2.75) is 18.8 Å². The molecule has 1 aromatic carbocycles. The summed E-state index contributed by atoms with van der Waals surface area (Å²) < 4.78 is 13.2. The van der Waals surface area contributed by atoms with Gasteiger partial charge in [-0.15, -0.1) is 0 Å². The molecule has 2 aliphatic heterocycles. The zero-order chi connectivity index (χ0) is 23.9. The molecule has 2 fully saturated rings. The summed E-state index contributed by atoms with van der Waals surface area (Å²) in [7, 11) is 1.54. The molecule has 2 bridgehead atoms. The molecule has 0 radical (unpaired) electrons. The quantitative estimate of drug-likeness (QED) is 0.425. The molecule has 0 N–H and O–H groups in total. The molecule has 2 aliphatic rings. The summed E-state index contributed by atoms with van der Waals surface area (Å²) in [5.41, 5.74) is 3.24. The highest BCUT2D eigenvalue weighted by Gasteiger charge is 2.44. The molecule has 2 atom stereocenters. The van der Waals surface area contributed by atoms with E-state index in [0.717, 1.165) is 17.0 Å². The Balaban J connectivity index is 1.27. The number of hydrogen-bond donors (Lipinski definition) is 0. The van der Waals surface area contributed by atoms with Gasteiger partial charge in [0.2, 0.25) is 11.7 Å². The van der Waals surface area contributed by atoms with Crippen molar-refractivity contribution in [1.82, 2.24) is 29.2 Å². The van der Waals surface area contributed by atoms with Gasteiger partial charge in [-0.1, -0.05) is 29.8 Å². The first-order valence-corrected chi connectivity index (χ1v) is 11.7. The van der Waals surface area contributed by atoms with Gasteiger partial charge in [0, 0.05) is 48.7 Å². The predicted molar refractivity (Wildman–Crippen MR) is 129 cm³/mol. The third-order valence-corrected chi connectivity index (χ3v) is 6.70. The van der Waals surface area contributed by atoms with Gasteiger partial charge in [0.25, 0.3) is 5.91 Å². The summed E-state index contributed by atoms with van der Waals surface area (Å²) in [5.74, 6) is 0.917. The van der Waals surface area contributed by atoms with Gasteiger partial charge in [-0.2, -0.15) is 0 Å². The number of imidazole rings is 1. The highest BCUT2D eigenvalue weighted by Crippen LogP contribution is 2.30. The molecule has 10 heteroatoms. The molecule has 178 valence electrons. The lowest BCUT2D eigenvalue weighted by atomic mass is 10.1. The SMILES string of the molecule is COc1cccc(C(=O)N2C3COC2CN(Cc2c(-c4ccc(Cl)cc4)nc4ncccn24)C3)n1. The maximum atomic E-state index is 13.3. The molecule has 9 nitrogen and oxygen atoms in total. The maximum Gasteiger partial charge on any atom is 0.275 e. The van der Waals surface area contributed by atoms with E-state index in [2.05, 4.69) is 14.9 Å². The average Bonchev–Trinajstić information content (AvgIpc) is 3.38. The first-order valence-electron chi connectivity index (χ1n) is 11.4. The second-order valence-corrected chi connectivity index (χ2v) is 9.05. The zero-order valence-electron chi connectivity index (χ0n) is 19.0. The number of amides is 1. The number of carbonyl (C=O) groups excluding carboxylic acids is 1. The number of benzene rings is 1. The van der Waals surface area contributed by atoms with Crippen LogP contribution in [0.4, 0.5) is 0 Å². The Morgan fingerprint density at radius 2 is 2.00 bits per heavy atom. The van der Waals surface area contributed by atoms with Crippen LogP contribution in [0.3, 0.4) is 0 Å². The second kappa shape index (κ2) is 8.92. The summed E-state index contributed by atoms with van der Waals surface area (Å²) in [6.45, 7) is 2.40. The number of hydrogen-bond acceptors (Lipinski definition) is 7. The van der Waals surface area contributed by atoms with E-state index in [1.54, 1.807) is 24.4 Å². The van der Waals surface area contributed by atoms with Crippen molar-refractivity contribution in [3.63, 3.8) is 0 Å². The third kappa shape index (κ3) is 4.01. The van der Waals surface area contributed by atoms with E-state index < -0.39 is 0 Å². The molecule has 6 rings (SSSR count). The average molecular weight is 491 g/mol. The standard InChI is InChI=1S/C25H23ClN6O3/c1-34-21-5-2-4-19(28-21)24(33)32-18-12-30(14-22(32)35-15-18)13-20-23(16-6-8-17(26)9-7-16)29-25-27-10-3-11-31(20)25/h2-11,18,22H,12-15H2,1H3. The molecular formula is C25H23ClN6O3. The van der Waals surface area contributed by atoms with Crippen molar-refractivity contribution in [3.05, 3.63) is 77.3 Å². The van der Waals surface area contributed by atoms with Crippen LogP contribution in [0.1, 0.15) is 16.2 Å². The summed E-state index contributed by atoms with van der Waals surface area (Å²) in [6.07, 6.45) is 3.37. The van der Waals surface area contributed by atoms with Crippen LogP contribution in [0.25, 0.3) is 17.0 Å². The molecule has 1 amide bonds. The fraction of sp³-hybridized carbons (Fsp3) is 0.280. The van der Waals surface area contributed by atoms with Crippen LogP contribution in [0, 0.1) is 0 Å². The molecule has 0 spiro atoms. The molecule has 0 aliphatic carbocycles. The van der Waals surface area contributed by atoms with Crippen LogP contribution in [0.5, 0.6) is 5.88 Å². The van der Waals surface area contributed by atoms with Crippen molar-refractivity contribution in [2.24, 2.45) is 0 Å². The second-order valence-electron chi connectivity index (χ2n) is 8.62. The van der Waals surface area contributed by atoms with E-state index in [9.17, 15) is 4.79 Å². The largest absolute Gasteiger partial charge is 0.481 e. The summed E-state index contributed by atoms with van der Waals surface area (Å²) in [5, 5.41) is 0.678. The molecular weight excluding hydrogens is 468 g/mol. The van der Waals surface area contributed by atoms with Gasteiger partial charge in [0.1, 0.15) is 11.9 Å². The van der Waals surface area contributed by atoms with Gasteiger partial charge < -0.3 is 14.4 Å². The van der Waals surface area contributed by atoms with E-state index >= 15 is 0 Å². The Kier molecular flexibility index (Phi) is 5.60. The number of nitrogens with zero attached hydrogens (tertiary/aromatic N) is 6. The number of fused-ring (bicyclic) bond motifs is 3. The summed E-state index contributed by atoms with van der Waals surface area (Å²) >= 11 is 6.11. The van der Waals surface area contributed by atoms with Crippen LogP contribution in [0.2, 0.25) is 5.02 Å². The van der Waals surface area contributed by atoms with Crippen molar-refractivity contribution in [2.75, 3.05) is 26.8 Å². The molecule has 4 aromatic rings. The van der Waals surface area contributed by atoms with Crippen molar-refractivity contribution < 1.29 is 14.3 Å². The highest BCUT2D eigenvalue weighted by molar-refractivity contribution is 6.30. The predicted octanol–water partition coefficient (Wildman–Crippen LogP) is 3.14. The van der Waals surface area contributed by atoms with E-state index in [4.69, 9.17) is 26.1 Å². The van der Waals surface area contributed by atoms with E-state index in [-0.39, 0.29) is 18.2 Å². The minimum absolute atomic E-state index is 0.0643. The Labute approximate surface area is 206 Å². The normalized spacial score (nSPS) is 19.9. The van der Waals surface area contributed by atoms with Crippen LogP contribution >= 0.6 is 11.6 Å². The van der Waals surface area contributed by atoms with E-state index in [1.807, 2.05) is 45.8 Å². The summed E-state index contributed by atoms with van der Waals surface area (Å²) in [6, 6.07) is 14.7. The lowest BCUT2D eigenvalue weighted by Gasteiger charge is -2.39. The van der Waals surface area contributed by atoms with Gasteiger partial charge in [-0.3, -0.25) is 14.1 Å². The zero-order valence-corrected chi connectivity index (χ0v) is 19.8. The lowest BCUT2D eigenvalue weighted by molar-refractivity contribution is -0.0140. The highest BCUT2D eigenvalue weighted by atomic mass is 35.5. The molecule has 0 saturated carbocycles. The van der Waals surface area contributed by atoms with Crippen LogP contribution in [-0.4, -0.2) is 74.1 Å². The van der Waals surface area contributed by atoms with Crippen LogP contribution < -0.4 is 4.74 Å². The van der Waals surface area contributed by atoms with E-state index in [1.165, 1.54) is 7.11 Å². The molecule has 2 saturated heterocycles. The van der Waals surface area contributed by atoms with Crippen molar-refractivity contribution in [1.29, 1.82) is 0 Å². The van der Waals surface area contributed by atoms with Crippen LogP contribution in [-0.2, 0) is 11.3 Å². The Hall–Kier alpha value is -3.53. The monoisotopic (exact) mass is 490 g/mol. The minimum atomic E-state index is -0.342. The first kappa shape index (κ1) is 22.0. The van der Waals surface area contributed by atoms with Crippen molar-refractivity contribution >= 4 is 23.3 Å². The van der Waals surface area contributed by atoms with Gasteiger partial charge in [0.05, 0.1) is 31.1 Å². The maximum absolute atomic E-state index is 13.3. The number of methoxy groups -OCH3 is 1. The fourth-order valence-electron chi connectivity index (χ4n) is 4.84. The van der Waals surface area contributed by atoms with Gasteiger partial charge in [-0.25, -0.2) is 15.0 Å². The van der Waals surface area contributed by atoms with Gasteiger partial charge in [0.15, 0.2) is 0 Å². The van der Waals surface area contributed by atoms with E-state index in [0.29, 0.717) is 48.6 Å². The number of ether oxygens (including phenoxy) is 2. The smallest absolute Gasteiger partial charge is 0.275 e.